The number of aromatic nitrogens is 3. The van der Waals surface area contributed by atoms with Crippen LogP contribution >= 0.6 is 0 Å². The van der Waals surface area contributed by atoms with Gasteiger partial charge in [-0.15, -0.1) is 0 Å². The number of hydrogen-bond donors (Lipinski definition) is 1. The Hall–Kier alpha value is -1.55. The lowest BCUT2D eigenvalue weighted by Gasteiger charge is -2.12. The molecule has 0 spiro atoms. The normalized spacial score (nSPS) is 13.2. The van der Waals surface area contributed by atoms with Crippen LogP contribution < -0.4 is 0 Å². The lowest BCUT2D eigenvalue weighted by Crippen LogP contribution is -2.04. The summed E-state index contributed by atoms with van der Waals surface area (Å²) in [6.45, 7) is 7.80. The summed E-state index contributed by atoms with van der Waals surface area (Å²) >= 11 is 0. The summed E-state index contributed by atoms with van der Waals surface area (Å²) in [6.07, 6.45) is 7.57. The van der Waals surface area contributed by atoms with Crippen LogP contribution in [-0.2, 0) is 13.1 Å². The van der Waals surface area contributed by atoms with Crippen molar-refractivity contribution in [2.24, 2.45) is 5.92 Å². The van der Waals surface area contributed by atoms with Crippen LogP contribution in [0.1, 0.15) is 38.0 Å². The molecule has 0 bridgehead atoms. The van der Waals surface area contributed by atoms with Crippen LogP contribution in [0.15, 0.2) is 30.9 Å². The molecule has 0 amide bonds. The standard InChI is InChI=1S/C14H21N3O/c1-4-17-9-12(7-15-17)8-16-6-5-13(10-16)14(18)11(2)3/h5-7,9-11,14,18H,4,8H2,1-3H3. The second-order valence-corrected chi connectivity index (χ2v) is 5.01. The van der Waals surface area contributed by atoms with Crippen molar-refractivity contribution in [2.45, 2.75) is 40.0 Å². The number of rotatable bonds is 5. The van der Waals surface area contributed by atoms with Gasteiger partial charge in [0.15, 0.2) is 0 Å². The first-order chi connectivity index (χ1) is 8.60. The SMILES string of the molecule is CCn1cc(Cn2ccc(C(O)C(C)C)c2)cn1. The molecule has 0 saturated carbocycles. The maximum Gasteiger partial charge on any atom is 0.0827 e. The maximum absolute atomic E-state index is 9.99. The van der Waals surface area contributed by atoms with E-state index in [2.05, 4.69) is 22.8 Å². The van der Waals surface area contributed by atoms with Crippen molar-refractivity contribution in [1.29, 1.82) is 0 Å². The largest absolute Gasteiger partial charge is 0.388 e. The summed E-state index contributed by atoms with van der Waals surface area (Å²) in [4.78, 5) is 0. The van der Waals surface area contributed by atoms with Crippen molar-refractivity contribution >= 4 is 0 Å². The van der Waals surface area contributed by atoms with Gasteiger partial charge in [0.05, 0.1) is 18.8 Å². The van der Waals surface area contributed by atoms with E-state index in [0.29, 0.717) is 0 Å². The molecule has 98 valence electrons. The molecule has 2 heterocycles. The monoisotopic (exact) mass is 247 g/mol. The highest BCUT2D eigenvalue weighted by atomic mass is 16.3. The van der Waals surface area contributed by atoms with E-state index in [0.717, 1.165) is 18.7 Å². The molecular weight excluding hydrogens is 226 g/mol. The van der Waals surface area contributed by atoms with Gasteiger partial charge in [-0.05, 0) is 24.5 Å². The second-order valence-electron chi connectivity index (χ2n) is 5.01. The van der Waals surface area contributed by atoms with Crippen LogP contribution in [0.4, 0.5) is 0 Å². The molecule has 0 aliphatic heterocycles. The zero-order chi connectivity index (χ0) is 13.1. The van der Waals surface area contributed by atoms with Gasteiger partial charge in [0, 0.05) is 30.7 Å². The molecule has 4 heteroatoms. The second kappa shape index (κ2) is 5.40. The third kappa shape index (κ3) is 2.82. The molecule has 0 aromatic carbocycles. The van der Waals surface area contributed by atoms with E-state index >= 15 is 0 Å². The van der Waals surface area contributed by atoms with E-state index in [1.54, 1.807) is 0 Å². The summed E-state index contributed by atoms with van der Waals surface area (Å²) in [5.41, 5.74) is 2.16. The van der Waals surface area contributed by atoms with Crippen molar-refractivity contribution in [2.75, 3.05) is 0 Å². The highest BCUT2D eigenvalue weighted by Crippen LogP contribution is 2.21. The van der Waals surface area contributed by atoms with Crippen molar-refractivity contribution in [1.82, 2.24) is 14.3 Å². The third-order valence-corrected chi connectivity index (χ3v) is 3.12. The molecule has 0 saturated heterocycles. The number of aryl methyl sites for hydroxylation is 1. The van der Waals surface area contributed by atoms with Gasteiger partial charge < -0.3 is 9.67 Å². The summed E-state index contributed by atoms with van der Waals surface area (Å²) < 4.78 is 4.00. The molecule has 1 N–H and O–H groups in total. The Kier molecular flexibility index (Phi) is 3.87. The fourth-order valence-corrected chi connectivity index (χ4v) is 1.99. The van der Waals surface area contributed by atoms with Crippen molar-refractivity contribution < 1.29 is 5.11 Å². The van der Waals surface area contributed by atoms with Crippen LogP contribution in [0.2, 0.25) is 0 Å². The molecular formula is C14H21N3O. The number of nitrogens with zero attached hydrogens (tertiary/aromatic N) is 3. The van der Waals surface area contributed by atoms with Gasteiger partial charge in [-0.1, -0.05) is 13.8 Å². The van der Waals surface area contributed by atoms with Crippen LogP contribution in [0, 0.1) is 5.92 Å². The van der Waals surface area contributed by atoms with Crippen LogP contribution in [-0.4, -0.2) is 19.5 Å². The molecule has 0 aliphatic rings. The van der Waals surface area contributed by atoms with Gasteiger partial charge in [-0.2, -0.15) is 5.10 Å². The Morgan fingerprint density at radius 2 is 2.11 bits per heavy atom. The number of hydrogen-bond acceptors (Lipinski definition) is 2. The topological polar surface area (TPSA) is 43.0 Å². The van der Waals surface area contributed by atoms with Gasteiger partial charge in [-0.25, -0.2) is 0 Å². The minimum atomic E-state index is -0.385. The molecule has 2 aromatic heterocycles. The third-order valence-electron chi connectivity index (χ3n) is 3.12. The highest BCUT2D eigenvalue weighted by Gasteiger charge is 2.13. The first-order valence-electron chi connectivity index (χ1n) is 6.45. The lowest BCUT2D eigenvalue weighted by molar-refractivity contribution is 0.127. The summed E-state index contributed by atoms with van der Waals surface area (Å²) in [5.74, 6) is 0.240. The molecule has 1 atom stereocenters. The summed E-state index contributed by atoms with van der Waals surface area (Å²) in [7, 11) is 0. The van der Waals surface area contributed by atoms with Gasteiger partial charge in [0.2, 0.25) is 0 Å². The molecule has 0 radical (unpaired) electrons. The minimum Gasteiger partial charge on any atom is -0.388 e. The lowest BCUT2D eigenvalue weighted by atomic mass is 10.0. The minimum absolute atomic E-state index is 0.240. The van der Waals surface area contributed by atoms with Gasteiger partial charge in [-0.3, -0.25) is 4.68 Å². The van der Waals surface area contributed by atoms with Gasteiger partial charge in [0.1, 0.15) is 0 Å². The number of aliphatic hydroxyl groups excluding tert-OH is 1. The average Bonchev–Trinajstić information content (AvgIpc) is 2.97. The van der Waals surface area contributed by atoms with E-state index in [1.165, 1.54) is 5.56 Å². The predicted molar refractivity (Wildman–Crippen MR) is 71.2 cm³/mol. The summed E-state index contributed by atoms with van der Waals surface area (Å²) in [5, 5.41) is 14.2. The molecule has 18 heavy (non-hydrogen) atoms. The molecule has 1 unspecified atom stereocenters. The Balaban J connectivity index is 2.06. The van der Waals surface area contributed by atoms with Gasteiger partial charge >= 0.3 is 0 Å². The Bertz CT molecular complexity index is 499. The van der Waals surface area contributed by atoms with Gasteiger partial charge in [0.25, 0.3) is 0 Å². The molecule has 0 aliphatic carbocycles. The van der Waals surface area contributed by atoms with Crippen molar-refractivity contribution in [3.05, 3.63) is 42.0 Å². The Morgan fingerprint density at radius 3 is 2.72 bits per heavy atom. The quantitative estimate of drug-likeness (QED) is 0.882. The fraction of sp³-hybridized carbons (Fsp3) is 0.500. The summed E-state index contributed by atoms with van der Waals surface area (Å²) in [6, 6.07) is 1.98. The van der Waals surface area contributed by atoms with E-state index in [9.17, 15) is 5.11 Å². The Labute approximate surface area is 108 Å². The molecule has 4 nitrogen and oxygen atoms in total. The molecule has 2 rings (SSSR count). The van der Waals surface area contributed by atoms with Crippen molar-refractivity contribution in [3.8, 4) is 0 Å². The van der Waals surface area contributed by atoms with E-state index in [4.69, 9.17) is 0 Å². The zero-order valence-electron chi connectivity index (χ0n) is 11.2. The van der Waals surface area contributed by atoms with E-state index in [1.807, 2.05) is 43.2 Å². The smallest absolute Gasteiger partial charge is 0.0827 e. The van der Waals surface area contributed by atoms with E-state index in [-0.39, 0.29) is 12.0 Å². The average molecular weight is 247 g/mol. The van der Waals surface area contributed by atoms with Crippen LogP contribution in [0.3, 0.4) is 0 Å². The Morgan fingerprint density at radius 1 is 1.33 bits per heavy atom. The molecule has 0 fully saturated rings. The van der Waals surface area contributed by atoms with E-state index < -0.39 is 0 Å². The van der Waals surface area contributed by atoms with Crippen molar-refractivity contribution in [3.63, 3.8) is 0 Å². The maximum atomic E-state index is 9.99. The number of aliphatic hydroxyl groups is 1. The highest BCUT2D eigenvalue weighted by molar-refractivity contribution is 5.16. The predicted octanol–water partition coefficient (Wildman–Crippen LogP) is 2.44. The first kappa shape index (κ1) is 12.9. The molecule has 2 aromatic rings. The van der Waals surface area contributed by atoms with Crippen LogP contribution in [0.5, 0.6) is 0 Å². The first-order valence-corrected chi connectivity index (χ1v) is 6.45. The van der Waals surface area contributed by atoms with Crippen LogP contribution in [0.25, 0.3) is 0 Å². The zero-order valence-corrected chi connectivity index (χ0v) is 11.2. The fourth-order valence-electron chi connectivity index (χ4n) is 1.99.